The summed E-state index contributed by atoms with van der Waals surface area (Å²) >= 11 is 0. The summed E-state index contributed by atoms with van der Waals surface area (Å²) in [7, 11) is 0. The fourth-order valence-corrected chi connectivity index (χ4v) is 15.0. The molecule has 0 aliphatic rings. The van der Waals surface area contributed by atoms with Crippen LogP contribution in [-0.2, 0) is 0 Å². The van der Waals surface area contributed by atoms with Gasteiger partial charge in [0.2, 0.25) is 0 Å². The number of nitrogens with zero attached hydrogens (tertiary/aromatic N) is 6. The van der Waals surface area contributed by atoms with E-state index in [0.717, 1.165) is 77.9 Å². The fraction of sp³-hybridized carbons (Fsp3) is 0. The quantitative estimate of drug-likeness (QED) is 0.127. The van der Waals surface area contributed by atoms with Crippen LogP contribution in [0.4, 0.5) is 0 Å². The van der Waals surface area contributed by atoms with E-state index in [-0.39, 0.29) is 0 Å². The summed E-state index contributed by atoms with van der Waals surface area (Å²) in [6.07, 6.45) is 0. The maximum absolute atomic E-state index is 5.08. The topological polar surface area (TPSA) is 77.3 Å². The van der Waals surface area contributed by atoms with Gasteiger partial charge < -0.3 is 0 Å². The zero-order chi connectivity index (χ0) is 68.9. The molecule has 0 spiro atoms. The molecule has 18 aromatic carbocycles. The summed E-state index contributed by atoms with van der Waals surface area (Å²) in [4.78, 5) is 30.2. The van der Waals surface area contributed by atoms with Crippen molar-refractivity contribution < 1.29 is 0 Å². The lowest BCUT2D eigenvalue weighted by Gasteiger charge is -2.14. The normalized spacial score (nSPS) is 11.5. The average Bonchev–Trinajstić information content (AvgIpc) is 0.745. The smallest absolute Gasteiger partial charge is 0.164 e. The highest BCUT2D eigenvalue weighted by atomic mass is 15.0. The third-order valence-corrected chi connectivity index (χ3v) is 20.1. The molecule has 0 saturated heterocycles. The molecule has 6 nitrogen and oxygen atoms in total. The predicted octanol–water partition coefficient (Wildman–Crippen LogP) is 25.6. The standard InChI is InChI=1S/2C49H31N3/c1-4-12-32(13-5-1)39-29-40(31-41(30-39)49-51-47(35-15-6-2-7-16-35)50-48(52-49)36-17-8-3-9-18-36)37-23-25-42-38(28-37)24-27-45-44(42)26-22-34-21-20-33-14-10-11-19-43(33)46(34)45;1-3-11-32(12-4-1)36-16-9-18-40(30-36)48-50-47(35-14-5-2-6-15-35)51-49(52-48)41-19-10-17-37(31-41)38-24-26-42-39(29-38)25-28-45-44(42)27-23-34-22-21-33-13-7-8-20-43(33)46(34)45/h2*1-31H. The van der Waals surface area contributed by atoms with E-state index in [2.05, 4.69) is 279 Å². The molecule has 6 heteroatoms. The molecule has 2 aromatic heterocycles. The molecule has 0 bridgehead atoms. The van der Waals surface area contributed by atoms with Crippen molar-refractivity contribution in [2.24, 2.45) is 0 Å². The molecule has 484 valence electrons. The Hall–Kier alpha value is -13.9. The van der Waals surface area contributed by atoms with Gasteiger partial charge in [-0.15, -0.1) is 0 Å². The van der Waals surface area contributed by atoms with Crippen LogP contribution in [0.5, 0.6) is 0 Å². The van der Waals surface area contributed by atoms with Crippen molar-refractivity contribution in [2.45, 2.75) is 0 Å². The Balaban J connectivity index is 0.000000143. The molecule has 0 saturated carbocycles. The summed E-state index contributed by atoms with van der Waals surface area (Å²) in [6, 6.07) is 133. The molecule has 0 unspecified atom stereocenters. The van der Waals surface area contributed by atoms with Gasteiger partial charge in [0.05, 0.1) is 0 Å². The van der Waals surface area contributed by atoms with Crippen LogP contribution in [0.25, 0.3) is 199 Å². The van der Waals surface area contributed by atoms with Gasteiger partial charge in [-0.25, -0.2) is 29.9 Å². The van der Waals surface area contributed by atoms with E-state index in [0.29, 0.717) is 34.9 Å². The van der Waals surface area contributed by atoms with Gasteiger partial charge in [0.25, 0.3) is 0 Å². The van der Waals surface area contributed by atoms with Crippen molar-refractivity contribution in [3.63, 3.8) is 0 Å². The van der Waals surface area contributed by atoms with Gasteiger partial charge >= 0.3 is 0 Å². The molecular formula is C98H62N6. The maximum atomic E-state index is 5.08. The lowest BCUT2D eigenvalue weighted by molar-refractivity contribution is 1.07. The molecule has 0 amide bonds. The predicted molar refractivity (Wildman–Crippen MR) is 434 cm³/mol. The maximum Gasteiger partial charge on any atom is 0.164 e. The second-order valence-corrected chi connectivity index (χ2v) is 26.5. The first-order valence-electron chi connectivity index (χ1n) is 35.2. The Bertz CT molecular complexity index is 6600. The van der Waals surface area contributed by atoms with Crippen LogP contribution in [0, 0.1) is 0 Å². The molecule has 20 rings (SSSR count). The van der Waals surface area contributed by atoms with E-state index in [4.69, 9.17) is 29.9 Å². The molecule has 2 heterocycles. The molecule has 0 aliphatic carbocycles. The number of aromatic nitrogens is 6. The summed E-state index contributed by atoms with van der Waals surface area (Å²) in [5.41, 5.74) is 14.7. The van der Waals surface area contributed by atoms with Crippen molar-refractivity contribution in [2.75, 3.05) is 0 Å². The van der Waals surface area contributed by atoms with Crippen LogP contribution in [0.3, 0.4) is 0 Å². The van der Waals surface area contributed by atoms with Gasteiger partial charge in [-0.2, -0.15) is 0 Å². The third-order valence-electron chi connectivity index (χ3n) is 20.1. The number of benzene rings is 18. The van der Waals surface area contributed by atoms with Gasteiger partial charge in [-0.1, -0.05) is 334 Å². The first kappa shape index (κ1) is 61.2. The van der Waals surface area contributed by atoms with E-state index in [1.807, 2.05) is 97.1 Å². The molecule has 20 aromatic rings. The van der Waals surface area contributed by atoms with Crippen molar-refractivity contribution in [1.82, 2.24) is 29.9 Å². The summed E-state index contributed by atoms with van der Waals surface area (Å²) < 4.78 is 0. The minimum Gasteiger partial charge on any atom is -0.208 e. The van der Waals surface area contributed by atoms with Gasteiger partial charge in [-0.05, 0) is 173 Å². The first-order valence-corrected chi connectivity index (χ1v) is 35.2. The molecular weight excluding hydrogens is 1260 g/mol. The monoisotopic (exact) mass is 1320 g/mol. The van der Waals surface area contributed by atoms with E-state index in [1.54, 1.807) is 0 Å². The average molecular weight is 1320 g/mol. The lowest BCUT2D eigenvalue weighted by atomic mass is 9.91. The highest BCUT2D eigenvalue weighted by Gasteiger charge is 2.19. The van der Waals surface area contributed by atoms with Crippen molar-refractivity contribution in [1.29, 1.82) is 0 Å². The van der Waals surface area contributed by atoms with E-state index in [1.165, 1.54) is 86.2 Å². The number of fused-ring (bicyclic) bond motifs is 14. The van der Waals surface area contributed by atoms with Crippen LogP contribution in [0.1, 0.15) is 0 Å². The second-order valence-electron chi connectivity index (χ2n) is 26.5. The minimum atomic E-state index is 0.637. The Labute approximate surface area is 601 Å². The van der Waals surface area contributed by atoms with Gasteiger partial charge in [0.1, 0.15) is 0 Å². The summed E-state index contributed by atoms with van der Waals surface area (Å²) in [6.45, 7) is 0. The zero-order valence-corrected chi connectivity index (χ0v) is 56.5. The largest absolute Gasteiger partial charge is 0.208 e. The Morgan fingerprint density at radius 1 is 0.115 bits per heavy atom. The zero-order valence-electron chi connectivity index (χ0n) is 56.5. The van der Waals surface area contributed by atoms with E-state index >= 15 is 0 Å². The van der Waals surface area contributed by atoms with E-state index < -0.39 is 0 Å². The van der Waals surface area contributed by atoms with Gasteiger partial charge in [0.15, 0.2) is 34.9 Å². The highest BCUT2D eigenvalue weighted by molar-refractivity contribution is 6.26. The lowest BCUT2D eigenvalue weighted by Crippen LogP contribution is -2.00. The minimum absolute atomic E-state index is 0.637. The van der Waals surface area contributed by atoms with E-state index in [9.17, 15) is 0 Å². The van der Waals surface area contributed by atoms with Crippen LogP contribution in [-0.4, -0.2) is 29.9 Å². The summed E-state index contributed by atoms with van der Waals surface area (Å²) in [5.74, 6) is 3.86. The Morgan fingerprint density at radius 2 is 0.375 bits per heavy atom. The SMILES string of the molecule is c1ccc(-c2cc(-c3ccc4c(ccc5c4ccc4ccc6ccccc6c45)c3)cc(-c3nc(-c4ccccc4)nc(-c4ccccc4)n3)c2)cc1.c1ccc(-c2cccc(-c3nc(-c4ccccc4)nc(-c4cccc(-c5ccc6c(ccc7c6ccc6ccc8ccccc8c67)c5)c4)n3)c2)cc1. The van der Waals surface area contributed by atoms with Crippen molar-refractivity contribution >= 4 is 86.2 Å². The second kappa shape index (κ2) is 26.3. The molecule has 104 heavy (non-hydrogen) atoms. The molecule has 0 atom stereocenters. The molecule has 0 radical (unpaired) electrons. The van der Waals surface area contributed by atoms with Crippen LogP contribution in [0.15, 0.2) is 376 Å². The van der Waals surface area contributed by atoms with Crippen LogP contribution < -0.4 is 0 Å². The third kappa shape index (κ3) is 11.6. The highest BCUT2D eigenvalue weighted by Crippen LogP contribution is 2.42. The fourth-order valence-electron chi connectivity index (χ4n) is 15.0. The Kier molecular flexibility index (Phi) is 15.5. The van der Waals surface area contributed by atoms with Crippen LogP contribution >= 0.6 is 0 Å². The number of rotatable bonds is 10. The molecule has 0 N–H and O–H groups in total. The van der Waals surface area contributed by atoms with Crippen molar-refractivity contribution in [3.8, 4) is 113 Å². The van der Waals surface area contributed by atoms with Gasteiger partial charge in [0, 0.05) is 33.4 Å². The number of hydrogen-bond acceptors (Lipinski definition) is 6. The van der Waals surface area contributed by atoms with Crippen molar-refractivity contribution in [3.05, 3.63) is 376 Å². The van der Waals surface area contributed by atoms with Crippen LogP contribution in [0.2, 0.25) is 0 Å². The summed E-state index contributed by atoms with van der Waals surface area (Å²) in [5, 5.41) is 20.2. The van der Waals surface area contributed by atoms with Gasteiger partial charge in [-0.3, -0.25) is 0 Å². The Morgan fingerprint density at radius 3 is 0.817 bits per heavy atom. The number of hydrogen-bond donors (Lipinski definition) is 0. The first-order chi connectivity index (χ1) is 51.5. The molecule has 0 fully saturated rings. The molecule has 0 aliphatic heterocycles.